The largest absolute Gasteiger partial charge is 0.472 e. The Kier molecular flexibility index (Phi) is 4.57. The zero-order valence-electron chi connectivity index (χ0n) is 12.4. The lowest BCUT2D eigenvalue weighted by molar-refractivity contribution is -0.136. The van der Waals surface area contributed by atoms with Gasteiger partial charge in [-0.3, -0.25) is 4.79 Å². The number of hydrogen-bond donors (Lipinski definition) is 1. The zero-order chi connectivity index (χ0) is 15.5. The number of carbonyl (C=O) groups excluding carboxylic acids is 1. The lowest BCUT2D eigenvalue weighted by Crippen LogP contribution is -2.37. The molecule has 6 heteroatoms. The number of aliphatic hydroxyl groups is 1. The molecule has 22 heavy (non-hydrogen) atoms. The van der Waals surface area contributed by atoms with E-state index in [1.807, 2.05) is 4.90 Å². The summed E-state index contributed by atoms with van der Waals surface area (Å²) >= 11 is 0. The molecule has 1 aliphatic heterocycles. The Morgan fingerprint density at radius 3 is 2.77 bits per heavy atom. The second-order valence-electron chi connectivity index (χ2n) is 6.12. The predicted octanol–water partition coefficient (Wildman–Crippen LogP) is 1.75. The van der Waals surface area contributed by atoms with E-state index in [1.165, 1.54) is 6.07 Å². The van der Waals surface area contributed by atoms with Crippen LogP contribution in [-0.4, -0.2) is 46.2 Å². The highest BCUT2D eigenvalue weighted by Crippen LogP contribution is 2.27. The molecule has 1 atom stereocenters. The van der Waals surface area contributed by atoms with Crippen LogP contribution in [0.1, 0.15) is 32.1 Å². The van der Waals surface area contributed by atoms with Crippen LogP contribution in [0.2, 0.25) is 0 Å². The summed E-state index contributed by atoms with van der Waals surface area (Å²) in [5.74, 6) is -0.121. The van der Waals surface area contributed by atoms with Gasteiger partial charge in [0.05, 0.1) is 12.6 Å². The van der Waals surface area contributed by atoms with Crippen LogP contribution in [-0.2, 0) is 4.79 Å². The van der Waals surface area contributed by atoms with E-state index in [1.54, 1.807) is 12.1 Å². The molecular formula is C16H21FN2O3. The van der Waals surface area contributed by atoms with E-state index in [-0.39, 0.29) is 29.9 Å². The summed E-state index contributed by atoms with van der Waals surface area (Å²) in [6, 6.07) is 4.45. The zero-order valence-corrected chi connectivity index (χ0v) is 12.4. The van der Waals surface area contributed by atoms with E-state index in [4.69, 9.17) is 4.74 Å². The summed E-state index contributed by atoms with van der Waals surface area (Å²) in [4.78, 5) is 18.0. The quantitative estimate of drug-likeness (QED) is 0.864. The van der Waals surface area contributed by atoms with Crippen LogP contribution in [0.15, 0.2) is 18.2 Å². The molecule has 0 aromatic carbocycles. The van der Waals surface area contributed by atoms with Gasteiger partial charge in [0.25, 0.3) is 0 Å². The van der Waals surface area contributed by atoms with E-state index in [0.29, 0.717) is 25.9 Å². The minimum atomic E-state index is -0.566. The number of carbonyl (C=O) groups is 1. The van der Waals surface area contributed by atoms with E-state index in [9.17, 15) is 14.3 Å². The van der Waals surface area contributed by atoms with Crippen LogP contribution in [0.3, 0.4) is 0 Å². The van der Waals surface area contributed by atoms with Crippen molar-refractivity contribution in [3.63, 3.8) is 0 Å². The van der Waals surface area contributed by atoms with E-state index in [2.05, 4.69) is 4.98 Å². The molecule has 0 radical (unpaired) electrons. The molecule has 1 N–H and O–H groups in total. The van der Waals surface area contributed by atoms with Crippen molar-refractivity contribution in [3.05, 3.63) is 24.1 Å². The number of nitrogens with zero attached hydrogens (tertiary/aromatic N) is 2. The Labute approximate surface area is 129 Å². The van der Waals surface area contributed by atoms with Gasteiger partial charge in [-0.15, -0.1) is 0 Å². The Bertz CT molecular complexity index is 532. The highest BCUT2D eigenvalue weighted by molar-refractivity contribution is 5.79. The first-order valence-electron chi connectivity index (χ1n) is 7.88. The van der Waals surface area contributed by atoms with Gasteiger partial charge in [-0.25, -0.2) is 0 Å². The lowest BCUT2D eigenvalue weighted by Gasteiger charge is -2.28. The minimum absolute atomic E-state index is 0.0226. The second kappa shape index (κ2) is 6.60. The van der Waals surface area contributed by atoms with E-state index >= 15 is 0 Å². The maximum absolute atomic E-state index is 13.0. The van der Waals surface area contributed by atoms with Crippen LogP contribution < -0.4 is 4.74 Å². The molecular weight excluding hydrogens is 287 g/mol. The summed E-state index contributed by atoms with van der Waals surface area (Å²) in [6.45, 7) is 1.19. The molecule has 5 nitrogen and oxygen atoms in total. The molecule has 1 saturated carbocycles. The molecule has 2 heterocycles. The highest BCUT2D eigenvalue weighted by Gasteiger charge is 2.33. The molecule has 2 aliphatic rings. The Hall–Kier alpha value is -1.69. The van der Waals surface area contributed by atoms with Crippen molar-refractivity contribution in [3.8, 4) is 5.88 Å². The third-order valence-electron chi connectivity index (χ3n) is 4.48. The summed E-state index contributed by atoms with van der Waals surface area (Å²) < 4.78 is 18.7. The topological polar surface area (TPSA) is 62.7 Å². The first-order chi connectivity index (χ1) is 10.6. The maximum Gasteiger partial charge on any atom is 0.225 e. The molecule has 1 aromatic rings. The summed E-state index contributed by atoms with van der Waals surface area (Å²) in [5, 5.41) is 9.52. The first-order valence-corrected chi connectivity index (χ1v) is 7.88. The van der Waals surface area contributed by atoms with Crippen molar-refractivity contribution in [2.75, 3.05) is 13.1 Å². The molecule has 1 saturated heterocycles. The normalized spacial score (nSPS) is 28.6. The summed E-state index contributed by atoms with van der Waals surface area (Å²) in [6.07, 6.45) is 3.28. The van der Waals surface area contributed by atoms with Gasteiger partial charge >= 0.3 is 0 Å². The standard InChI is InChI=1S/C16H21FN2O3/c17-14-2-1-3-15(18-14)22-13-8-9-19(10-13)16(21)11-4-6-12(20)7-5-11/h1-3,11-13,20H,4-10H2. The average molecular weight is 308 g/mol. The van der Waals surface area contributed by atoms with Crippen molar-refractivity contribution in [2.45, 2.75) is 44.3 Å². The fraction of sp³-hybridized carbons (Fsp3) is 0.625. The van der Waals surface area contributed by atoms with Gasteiger partial charge in [0.1, 0.15) is 6.10 Å². The number of likely N-dealkylation sites (tertiary alicyclic amines) is 1. The molecule has 0 spiro atoms. The Morgan fingerprint density at radius 1 is 1.27 bits per heavy atom. The number of rotatable bonds is 3. The maximum atomic E-state index is 13.0. The molecule has 1 aromatic heterocycles. The van der Waals surface area contributed by atoms with Crippen molar-refractivity contribution in [2.24, 2.45) is 5.92 Å². The van der Waals surface area contributed by atoms with Crippen LogP contribution in [0.4, 0.5) is 4.39 Å². The molecule has 2 fully saturated rings. The first kappa shape index (κ1) is 15.2. The van der Waals surface area contributed by atoms with Crippen molar-refractivity contribution in [1.29, 1.82) is 0 Å². The van der Waals surface area contributed by atoms with Gasteiger partial charge in [-0.2, -0.15) is 9.37 Å². The SMILES string of the molecule is O=C(C1CCC(O)CC1)N1CCC(Oc2cccc(F)n2)C1. The molecule has 1 amide bonds. The molecule has 120 valence electrons. The van der Waals surface area contributed by atoms with Crippen molar-refractivity contribution in [1.82, 2.24) is 9.88 Å². The predicted molar refractivity (Wildman–Crippen MR) is 77.8 cm³/mol. The highest BCUT2D eigenvalue weighted by atomic mass is 19.1. The fourth-order valence-electron chi connectivity index (χ4n) is 3.23. The smallest absolute Gasteiger partial charge is 0.225 e. The van der Waals surface area contributed by atoms with E-state index < -0.39 is 5.95 Å². The molecule has 0 bridgehead atoms. The lowest BCUT2D eigenvalue weighted by atomic mass is 9.86. The third kappa shape index (κ3) is 3.55. The van der Waals surface area contributed by atoms with Gasteiger partial charge in [0, 0.05) is 24.9 Å². The second-order valence-corrected chi connectivity index (χ2v) is 6.12. The summed E-state index contributed by atoms with van der Waals surface area (Å²) in [7, 11) is 0. The van der Waals surface area contributed by atoms with Crippen LogP contribution in [0.25, 0.3) is 0 Å². The fourth-order valence-corrected chi connectivity index (χ4v) is 3.23. The van der Waals surface area contributed by atoms with Gasteiger partial charge in [0.2, 0.25) is 17.7 Å². The Morgan fingerprint density at radius 2 is 2.05 bits per heavy atom. The minimum Gasteiger partial charge on any atom is -0.472 e. The molecule has 3 rings (SSSR count). The van der Waals surface area contributed by atoms with Gasteiger partial charge < -0.3 is 14.7 Å². The number of amides is 1. The van der Waals surface area contributed by atoms with Gasteiger partial charge in [-0.1, -0.05) is 6.07 Å². The monoisotopic (exact) mass is 308 g/mol. The number of ether oxygens (including phenoxy) is 1. The van der Waals surface area contributed by atoms with Crippen LogP contribution >= 0.6 is 0 Å². The van der Waals surface area contributed by atoms with Crippen LogP contribution in [0.5, 0.6) is 5.88 Å². The summed E-state index contributed by atoms with van der Waals surface area (Å²) in [5.41, 5.74) is 0. The number of pyridine rings is 1. The van der Waals surface area contributed by atoms with E-state index in [0.717, 1.165) is 19.3 Å². The Balaban J connectivity index is 1.52. The van der Waals surface area contributed by atoms with Crippen molar-refractivity contribution >= 4 is 5.91 Å². The van der Waals surface area contributed by atoms with Crippen molar-refractivity contribution < 1.29 is 19.0 Å². The van der Waals surface area contributed by atoms with Crippen LogP contribution in [0, 0.1) is 11.9 Å². The average Bonchev–Trinajstić information content (AvgIpc) is 2.96. The molecule has 1 aliphatic carbocycles. The van der Waals surface area contributed by atoms with Gasteiger partial charge in [-0.05, 0) is 31.7 Å². The van der Waals surface area contributed by atoms with Gasteiger partial charge in [0.15, 0.2) is 0 Å². The number of aromatic nitrogens is 1. The number of aliphatic hydroxyl groups excluding tert-OH is 1. The number of hydrogen-bond acceptors (Lipinski definition) is 4. The molecule has 1 unspecified atom stereocenters. The number of halogens is 1. The third-order valence-corrected chi connectivity index (χ3v) is 4.48.